The Morgan fingerprint density at radius 2 is 2.21 bits per heavy atom. The van der Waals surface area contributed by atoms with Crippen molar-refractivity contribution in [2.45, 2.75) is 0 Å². The van der Waals surface area contributed by atoms with E-state index >= 15 is 0 Å². The molecule has 1 aromatic rings. The third-order valence-electron chi connectivity index (χ3n) is 2.79. The second-order valence-corrected chi connectivity index (χ2v) is 4.99. The topological polar surface area (TPSA) is 75.3 Å². The second kappa shape index (κ2) is 6.83. The zero-order chi connectivity index (χ0) is 13.7. The molecule has 1 aromatic heterocycles. The van der Waals surface area contributed by atoms with Crippen LogP contribution in [0.3, 0.4) is 0 Å². The van der Waals surface area contributed by atoms with E-state index in [1.54, 1.807) is 0 Å². The fraction of sp³-hybridized carbons (Fsp3) is 0.500. The number of halogens is 1. The van der Waals surface area contributed by atoms with Gasteiger partial charge in [-0.15, -0.1) is 0 Å². The molecule has 1 saturated heterocycles. The number of ether oxygens (including phenoxy) is 1. The molecule has 19 heavy (non-hydrogen) atoms. The number of hydrogen-bond acceptors (Lipinski definition) is 6. The number of hydrogen-bond donors (Lipinski definition) is 1. The Bertz CT molecular complexity index is 509. The van der Waals surface area contributed by atoms with E-state index in [9.17, 15) is 9.90 Å². The first kappa shape index (κ1) is 14.2. The summed E-state index contributed by atoms with van der Waals surface area (Å²) in [6, 6.07) is 1.49. The van der Waals surface area contributed by atoms with Crippen molar-refractivity contribution in [3.8, 4) is 5.95 Å². The summed E-state index contributed by atoms with van der Waals surface area (Å²) in [5, 5.41) is 9.19. The zero-order valence-corrected chi connectivity index (χ0v) is 11.9. The summed E-state index contributed by atoms with van der Waals surface area (Å²) in [5.41, 5.74) is -0.289. The van der Waals surface area contributed by atoms with Gasteiger partial charge in [0.05, 0.1) is 29.8 Å². The van der Waals surface area contributed by atoms with Gasteiger partial charge in [-0.3, -0.25) is 9.89 Å². The van der Waals surface area contributed by atoms with E-state index in [0.29, 0.717) is 16.6 Å². The van der Waals surface area contributed by atoms with Crippen LogP contribution in [0.4, 0.5) is 0 Å². The summed E-state index contributed by atoms with van der Waals surface area (Å²) in [7, 11) is 0. The normalized spacial score (nSPS) is 17.1. The summed E-state index contributed by atoms with van der Waals surface area (Å²) in [4.78, 5) is 17.9. The lowest BCUT2D eigenvalue weighted by atomic mass is 10.3. The summed E-state index contributed by atoms with van der Waals surface area (Å²) in [6.07, 6.45) is 1.47. The molecular weight excluding hydrogens is 316 g/mol. The van der Waals surface area contributed by atoms with Crippen LogP contribution in [0.15, 0.2) is 24.7 Å². The van der Waals surface area contributed by atoms with Crippen molar-refractivity contribution in [3.05, 3.63) is 26.5 Å². The number of morpholine rings is 1. The summed E-state index contributed by atoms with van der Waals surface area (Å²) < 4.78 is 10.2. The highest BCUT2D eigenvalue weighted by molar-refractivity contribution is 9.10. The van der Waals surface area contributed by atoms with E-state index in [1.165, 1.54) is 12.3 Å². The first-order chi connectivity index (χ1) is 9.16. The predicted molar refractivity (Wildman–Crippen MR) is 74.1 cm³/mol. The minimum atomic E-state index is -0.601. The van der Waals surface area contributed by atoms with Gasteiger partial charge in [0, 0.05) is 25.8 Å². The molecule has 0 spiro atoms. The fourth-order valence-corrected chi connectivity index (χ4v) is 2.06. The fourth-order valence-electron chi connectivity index (χ4n) is 1.73. The van der Waals surface area contributed by atoms with Gasteiger partial charge in [0.25, 0.3) is 5.95 Å². The van der Waals surface area contributed by atoms with Crippen LogP contribution in [0.5, 0.6) is 5.95 Å². The first-order valence-electron chi connectivity index (χ1n) is 5.99. The molecule has 0 saturated carbocycles. The minimum absolute atomic E-state index is 0.312. The summed E-state index contributed by atoms with van der Waals surface area (Å²) in [6.45, 7) is 4.81. The molecular formula is C12H15BrN2O4. The molecule has 1 aliphatic heterocycles. The van der Waals surface area contributed by atoms with Crippen molar-refractivity contribution >= 4 is 22.1 Å². The van der Waals surface area contributed by atoms with Gasteiger partial charge in [0.1, 0.15) is 0 Å². The monoisotopic (exact) mass is 330 g/mol. The van der Waals surface area contributed by atoms with Crippen molar-refractivity contribution < 1.29 is 14.3 Å². The van der Waals surface area contributed by atoms with Crippen LogP contribution in [0.25, 0.3) is 0 Å². The number of aromatic hydroxyl groups is 1. The van der Waals surface area contributed by atoms with Crippen molar-refractivity contribution in [3.63, 3.8) is 0 Å². The molecule has 0 unspecified atom stereocenters. The van der Waals surface area contributed by atoms with Crippen molar-refractivity contribution in [1.82, 2.24) is 4.90 Å². The summed E-state index contributed by atoms with van der Waals surface area (Å²) >= 11 is 3.09. The Morgan fingerprint density at radius 1 is 1.47 bits per heavy atom. The van der Waals surface area contributed by atoms with Crippen LogP contribution >= 0.6 is 15.9 Å². The van der Waals surface area contributed by atoms with Crippen molar-refractivity contribution in [1.29, 1.82) is 0 Å². The van der Waals surface area contributed by atoms with Gasteiger partial charge in [-0.25, -0.2) is 4.79 Å². The van der Waals surface area contributed by atoms with Gasteiger partial charge in [0.15, 0.2) is 0 Å². The third kappa shape index (κ3) is 4.15. The largest absolute Gasteiger partial charge is 0.480 e. The molecule has 6 nitrogen and oxygen atoms in total. The maximum atomic E-state index is 11.4. The molecule has 0 radical (unpaired) electrons. The lowest BCUT2D eigenvalue weighted by Gasteiger charge is -2.25. The van der Waals surface area contributed by atoms with E-state index in [0.717, 1.165) is 32.8 Å². The van der Waals surface area contributed by atoms with Crippen molar-refractivity contribution in [2.24, 2.45) is 4.99 Å². The molecule has 0 atom stereocenters. The molecule has 1 fully saturated rings. The molecule has 104 valence electrons. The molecule has 0 aliphatic carbocycles. The van der Waals surface area contributed by atoms with E-state index < -0.39 is 11.6 Å². The zero-order valence-electron chi connectivity index (χ0n) is 10.3. The van der Waals surface area contributed by atoms with Crippen LogP contribution < -0.4 is 5.63 Å². The smallest absolute Gasteiger partial charge is 0.347 e. The maximum absolute atomic E-state index is 11.4. The lowest BCUT2D eigenvalue weighted by molar-refractivity contribution is 0.0395. The van der Waals surface area contributed by atoms with Gasteiger partial charge in [0.2, 0.25) is 0 Å². The lowest BCUT2D eigenvalue weighted by Crippen LogP contribution is -2.37. The highest BCUT2D eigenvalue weighted by Crippen LogP contribution is 2.21. The van der Waals surface area contributed by atoms with Crippen LogP contribution in [-0.2, 0) is 4.74 Å². The Kier molecular flexibility index (Phi) is 5.12. The summed E-state index contributed by atoms with van der Waals surface area (Å²) in [5.74, 6) is -0.421. The number of nitrogens with zero attached hydrogens (tertiary/aromatic N) is 2. The predicted octanol–water partition coefficient (Wildman–Crippen LogP) is 0.859. The number of aliphatic imine (C=N–C) groups is 1. The van der Waals surface area contributed by atoms with E-state index in [1.807, 2.05) is 0 Å². The molecule has 2 heterocycles. The van der Waals surface area contributed by atoms with Crippen LogP contribution in [0.2, 0.25) is 0 Å². The molecule has 2 rings (SSSR count). The average molecular weight is 331 g/mol. The van der Waals surface area contributed by atoms with Crippen LogP contribution in [0, 0.1) is 0 Å². The van der Waals surface area contributed by atoms with Crippen molar-refractivity contribution in [2.75, 3.05) is 39.4 Å². The maximum Gasteiger partial charge on any atom is 0.347 e. The average Bonchev–Trinajstić information content (AvgIpc) is 2.41. The first-order valence-corrected chi connectivity index (χ1v) is 6.78. The molecule has 0 amide bonds. The van der Waals surface area contributed by atoms with Gasteiger partial charge in [-0.05, 0) is 22.0 Å². The van der Waals surface area contributed by atoms with Gasteiger partial charge >= 0.3 is 5.63 Å². The van der Waals surface area contributed by atoms with Crippen LogP contribution in [-0.4, -0.2) is 55.6 Å². The molecule has 7 heteroatoms. The highest BCUT2D eigenvalue weighted by atomic mass is 79.9. The quantitative estimate of drug-likeness (QED) is 0.829. The van der Waals surface area contributed by atoms with Gasteiger partial charge in [-0.2, -0.15) is 0 Å². The number of rotatable bonds is 4. The Hall–Kier alpha value is -1.18. The second-order valence-electron chi connectivity index (χ2n) is 4.13. The van der Waals surface area contributed by atoms with Gasteiger partial charge < -0.3 is 14.3 Å². The standard InChI is InChI=1S/C12H15BrN2O4/c13-10-7-9(11(16)19-12(10)17)8-14-1-2-15-3-5-18-6-4-15/h7-8,17H,1-6H2. The Balaban J connectivity index is 1.88. The van der Waals surface area contributed by atoms with E-state index in [4.69, 9.17) is 4.74 Å². The van der Waals surface area contributed by atoms with E-state index in [-0.39, 0.29) is 0 Å². The molecule has 1 N–H and O–H groups in total. The molecule has 0 bridgehead atoms. The molecule has 1 aliphatic rings. The van der Waals surface area contributed by atoms with E-state index in [2.05, 4.69) is 30.2 Å². The Labute approximate surface area is 118 Å². The Morgan fingerprint density at radius 3 is 2.95 bits per heavy atom. The SMILES string of the molecule is O=c1oc(O)c(Br)cc1C=NCCN1CCOCC1. The van der Waals surface area contributed by atoms with Crippen LogP contribution in [0.1, 0.15) is 5.56 Å². The van der Waals surface area contributed by atoms with Gasteiger partial charge in [-0.1, -0.05) is 0 Å². The molecule has 0 aromatic carbocycles. The third-order valence-corrected chi connectivity index (χ3v) is 3.36. The highest BCUT2D eigenvalue weighted by Gasteiger charge is 2.09. The minimum Gasteiger partial charge on any atom is -0.480 e.